The topological polar surface area (TPSA) is 46.3 Å². The maximum Gasteiger partial charge on any atom is 0.237 e. The number of nitrogens with two attached hydrogens (primary N) is 1. The van der Waals surface area contributed by atoms with Gasteiger partial charge in [-0.05, 0) is 24.1 Å². The molecule has 3 nitrogen and oxygen atoms in total. The Morgan fingerprint density at radius 3 is 2.71 bits per heavy atom. The van der Waals surface area contributed by atoms with Gasteiger partial charge in [-0.25, -0.2) is 0 Å². The molecule has 4 heteroatoms. The van der Waals surface area contributed by atoms with E-state index in [2.05, 4.69) is 19.1 Å². The van der Waals surface area contributed by atoms with Crippen LogP contribution in [-0.2, 0) is 11.2 Å². The molecule has 1 amide bonds. The zero-order valence-corrected chi connectivity index (χ0v) is 10.9. The molecule has 0 radical (unpaired) electrons. The maximum absolute atomic E-state index is 12.0. The van der Waals surface area contributed by atoms with E-state index in [4.69, 9.17) is 5.73 Å². The number of carbonyl (C=O) groups is 1. The second kappa shape index (κ2) is 5.56. The first kappa shape index (κ1) is 12.5. The third kappa shape index (κ3) is 2.64. The number of rotatable bonds is 3. The number of carbonyl (C=O) groups excluding carboxylic acids is 1. The largest absolute Gasteiger partial charge is 0.328 e. The predicted molar refractivity (Wildman–Crippen MR) is 73.5 cm³/mol. The molecule has 0 saturated carbocycles. The van der Waals surface area contributed by atoms with Crippen molar-refractivity contribution in [3.05, 3.63) is 29.8 Å². The van der Waals surface area contributed by atoms with Gasteiger partial charge in [0.15, 0.2) is 0 Å². The lowest BCUT2D eigenvalue weighted by atomic mass is 10.1. The first-order valence-electron chi connectivity index (χ1n) is 5.95. The van der Waals surface area contributed by atoms with Crippen LogP contribution in [0.4, 0.5) is 5.69 Å². The number of benzene rings is 1. The van der Waals surface area contributed by atoms with Gasteiger partial charge in [0.25, 0.3) is 0 Å². The fraction of sp³-hybridized carbons (Fsp3) is 0.462. The Bertz CT molecular complexity index is 391. The molecule has 1 aromatic rings. The zero-order chi connectivity index (χ0) is 12.3. The highest BCUT2D eigenvalue weighted by Gasteiger charge is 2.28. The molecule has 1 aromatic carbocycles. The molecule has 1 aliphatic rings. The van der Waals surface area contributed by atoms with Crippen molar-refractivity contribution in [3.8, 4) is 0 Å². The molecule has 1 heterocycles. The zero-order valence-electron chi connectivity index (χ0n) is 10.1. The molecule has 1 fully saturated rings. The highest BCUT2D eigenvalue weighted by Crippen LogP contribution is 2.25. The van der Waals surface area contributed by atoms with E-state index < -0.39 is 0 Å². The maximum atomic E-state index is 12.0. The number of nitrogens with zero attached hydrogens (tertiary/aromatic N) is 1. The fourth-order valence-electron chi connectivity index (χ4n) is 2.05. The number of anilines is 1. The van der Waals surface area contributed by atoms with Crippen LogP contribution in [0, 0.1) is 0 Å². The average molecular weight is 250 g/mol. The van der Waals surface area contributed by atoms with Gasteiger partial charge in [-0.2, -0.15) is 0 Å². The van der Waals surface area contributed by atoms with E-state index in [1.165, 1.54) is 5.56 Å². The van der Waals surface area contributed by atoms with Gasteiger partial charge < -0.3 is 10.6 Å². The van der Waals surface area contributed by atoms with Crippen molar-refractivity contribution in [1.82, 2.24) is 0 Å². The molecule has 0 aliphatic carbocycles. The lowest BCUT2D eigenvalue weighted by Gasteiger charge is -2.34. The molecule has 2 rings (SSSR count). The minimum absolute atomic E-state index is 0.133. The second-order valence-corrected chi connectivity index (χ2v) is 5.22. The monoisotopic (exact) mass is 250 g/mol. The number of hydrogen-bond donors (Lipinski definition) is 1. The van der Waals surface area contributed by atoms with Gasteiger partial charge in [-0.15, -0.1) is 11.8 Å². The van der Waals surface area contributed by atoms with Crippen molar-refractivity contribution in [2.75, 3.05) is 23.0 Å². The Hall–Kier alpha value is -1.00. The molecule has 0 aromatic heterocycles. The predicted octanol–water partition coefficient (Wildman–Crippen LogP) is 1.66. The van der Waals surface area contributed by atoms with Crippen LogP contribution in [-0.4, -0.2) is 30.0 Å². The van der Waals surface area contributed by atoms with E-state index in [1.54, 1.807) is 11.8 Å². The standard InChI is InChI=1S/C13H18N2OS/c1-2-10-3-5-11(6-4-10)15-12(7-14)8-17-9-13(15)16/h3-6,12H,2,7-9,14H2,1H3. The Labute approximate surface area is 106 Å². The molecule has 0 bridgehead atoms. The van der Waals surface area contributed by atoms with Gasteiger partial charge in [0, 0.05) is 18.0 Å². The number of amides is 1. The molecule has 17 heavy (non-hydrogen) atoms. The summed E-state index contributed by atoms with van der Waals surface area (Å²) < 4.78 is 0. The second-order valence-electron chi connectivity index (χ2n) is 4.19. The average Bonchev–Trinajstić information content (AvgIpc) is 2.38. The molecule has 0 spiro atoms. The summed E-state index contributed by atoms with van der Waals surface area (Å²) in [6.07, 6.45) is 1.02. The summed E-state index contributed by atoms with van der Waals surface area (Å²) in [4.78, 5) is 13.8. The van der Waals surface area contributed by atoms with Crippen molar-refractivity contribution in [1.29, 1.82) is 0 Å². The normalized spacial score (nSPS) is 20.7. The summed E-state index contributed by atoms with van der Waals surface area (Å²) in [6.45, 7) is 2.65. The minimum atomic E-state index is 0.133. The van der Waals surface area contributed by atoms with Crippen LogP contribution < -0.4 is 10.6 Å². The summed E-state index contributed by atoms with van der Waals surface area (Å²) >= 11 is 1.67. The highest BCUT2D eigenvalue weighted by molar-refractivity contribution is 8.00. The summed E-state index contributed by atoms with van der Waals surface area (Å²) in [6, 6.07) is 8.34. The van der Waals surface area contributed by atoms with Crippen LogP contribution in [0.2, 0.25) is 0 Å². The van der Waals surface area contributed by atoms with Crippen LogP contribution in [0.15, 0.2) is 24.3 Å². The molecule has 92 valence electrons. The lowest BCUT2D eigenvalue weighted by molar-refractivity contribution is -0.116. The van der Waals surface area contributed by atoms with Gasteiger partial charge in [0.1, 0.15) is 0 Å². The van der Waals surface area contributed by atoms with Gasteiger partial charge in [-0.1, -0.05) is 19.1 Å². The first-order valence-corrected chi connectivity index (χ1v) is 7.10. The first-order chi connectivity index (χ1) is 8.26. The van der Waals surface area contributed by atoms with E-state index in [0.717, 1.165) is 17.9 Å². The van der Waals surface area contributed by atoms with E-state index in [0.29, 0.717) is 12.3 Å². The Morgan fingerprint density at radius 1 is 1.41 bits per heavy atom. The van der Waals surface area contributed by atoms with Crippen molar-refractivity contribution in [2.45, 2.75) is 19.4 Å². The third-order valence-corrected chi connectivity index (χ3v) is 4.14. The van der Waals surface area contributed by atoms with Crippen LogP contribution in [0.3, 0.4) is 0 Å². The minimum Gasteiger partial charge on any atom is -0.328 e. The van der Waals surface area contributed by atoms with Crippen LogP contribution in [0.5, 0.6) is 0 Å². The van der Waals surface area contributed by atoms with Crippen molar-refractivity contribution >= 4 is 23.4 Å². The quantitative estimate of drug-likeness (QED) is 0.887. The van der Waals surface area contributed by atoms with Crippen LogP contribution >= 0.6 is 11.8 Å². The van der Waals surface area contributed by atoms with Crippen LogP contribution in [0.1, 0.15) is 12.5 Å². The number of hydrogen-bond acceptors (Lipinski definition) is 3. The van der Waals surface area contributed by atoms with Gasteiger partial charge in [0.05, 0.1) is 11.8 Å². The molecular weight excluding hydrogens is 232 g/mol. The Balaban J connectivity index is 2.25. The summed E-state index contributed by atoms with van der Waals surface area (Å²) in [7, 11) is 0. The molecule has 1 aliphatic heterocycles. The third-order valence-electron chi connectivity index (χ3n) is 3.06. The van der Waals surface area contributed by atoms with Gasteiger partial charge in [-0.3, -0.25) is 4.79 Å². The van der Waals surface area contributed by atoms with Gasteiger partial charge >= 0.3 is 0 Å². The molecule has 1 unspecified atom stereocenters. The Kier molecular flexibility index (Phi) is 4.07. The van der Waals surface area contributed by atoms with E-state index in [9.17, 15) is 4.79 Å². The number of thioether (sulfide) groups is 1. The molecule has 1 atom stereocenters. The van der Waals surface area contributed by atoms with E-state index in [1.807, 2.05) is 17.0 Å². The lowest BCUT2D eigenvalue weighted by Crippen LogP contribution is -2.50. The summed E-state index contributed by atoms with van der Waals surface area (Å²) in [5.74, 6) is 1.66. The van der Waals surface area contributed by atoms with Crippen molar-refractivity contribution in [2.24, 2.45) is 5.73 Å². The summed E-state index contributed by atoms with van der Waals surface area (Å²) in [5, 5.41) is 0. The smallest absolute Gasteiger partial charge is 0.237 e. The van der Waals surface area contributed by atoms with Crippen molar-refractivity contribution < 1.29 is 4.79 Å². The van der Waals surface area contributed by atoms with Gasteiger partial charge in [0.2, 0.25) is 5.91 Å². The van der Waals surface area contributed by atoms with E-state index >= 15 is 0 Å². The fourth-order valence-corrected chi connectivity index (χ4v) is 3.04. The SMILES string of the molecule is CCc1ccc(N2C(=O)CSCC2CN)cc1. The Morgan fingerprint density at radius 2 is 2.12 bits per heavy atom. The molecular formula is C13H18N2OS. The number of aryl methyl sites for hydroxylation is 1. The van der Waals surface area contributed by atoms with E-state index in [-0.39, 0.29) is 11.9 Å². The molecule has 1 saturated heterocycles. The van der Waals surface area contributed by atoms with Crippen LogP contribution in [0.25, 0.3) is 0 Å². The molecule has 2 N–H and O–H groups in total. The highest BCUT2D eigenvalue weighted by atomic mass is 32.2. The van der Waals surface area contributed by atoms with Crippen molar-refractivity contribution in [3.63, 3.8) is 0 Å². The summed E-state index contributed by atoms with van der Waals surface area (Å²) in [5.41, 5.74) is 8.01.